The van der Waals surface area contributed by atoms with Crippen LogP contribution in [0.3, 0.4) is 0 Å². The third kappa shape index (κ3) is 3.26. The van der Waals surface area contributed by atoms with Crippen molar-refractivity contribution in [2.75, 3.05) is 12.4 Å². The fourth-order valence-electron chi connectivity index (χ4n) is 2.02. The van der Waals surface area contributed by atoms with E-state index in [-0.39, 0.29) is 0 Å². The van der Waals surface area contributed by atoms with Gasteiger partial charge in [-0.2, -0.15) is 0 Å². The predicted molar refractivity (Wildman–Crippen MR) is 82.8 cm³/mol. The van der Waals surface area contributed by atoms with Crippen LogP contribution >= 0.6 is 11.6 Å². The van der Waals surface area contributed by atoms with Gasteiger partial charge >= 0.3 is 0 Å². The van der Waals surface area contributed by atoms with Gasteiger partial charge < -0.3 is 10.1 Å². The van der Waals surface area contributed by atoms with Crippen LogP contribution in [-0.4, -0.2) is 22.1 Å². The molecule has 0 unspecified atom stereocenters. The van der Waals surface area contributed by atoms with E-state index in [1.165, 1.54) is 0 Å². The molecular weight excluding hydrogens is 288 g/mol. The van der Waals surface area contributed by atoms with Crippen molar-refractivity contribution >= 4 is 34.0 Å². The van der Waals surface area contributed by atoms with Crippen molar-refractivity contribution in [1.29, 1.82) is 0 Å². The first-order valence-corrected chi connectivity index (χ1v) is 6.76. The zero-order valence-electron chi connectivity index (χ0n) is 11.4. The highest BCUT2D eigenvalue weighted by Gasteiger charge is 2.04. The Labute approximate surface area is 127 Å². The van der Waals surface area contributed by atoms with Crippen LogP contribution in [0, 0.1) is 0 Å². The number of hydrogen-bond acceptors (Lipinski definition) is 5. The lowest BCUT2D eigenvalue weighted by molar-refractivity contribution is 0.178. The minimum atomic E-state index is 0.316. The molecule has 0 spiro atoms. The number of nitrogens with zero attached hydrogens (tertiary/aromatic N) is 3. The minimum absolute atomic E-state index is 0.316. The smallest absolute Gasteiger partial charge is 0.158 e. The Hall–Kier alpha value is -2.24. The van der Waals surface area contributed by atoms with E-state index in [1.807, 2.05) is 30.3 Å². The number of ether oxygens (including phenoxy) is 1. The number of benzene rings is 1. The Bertz CT molecular complexity index is 778. The summed E-state index contributed by atoms with van der Waals surface area (Å²) < 4.78 is 5.03. The highest BCUT2D eigenvalue weighted by molar-refractivity contribution is 6.29. The average Bonchev–Trinajstić information content (AvgIpc) is 2.47. The third-order valence-electron chi connectivity index (χ3n) is 2.89. The van der Waals surface area contributed by atoms with Crippen LogP contribution in [0.25, 0.3) is 10.9 Å². The van der Waals surface area contributed by atoms with E-state index in [0.29, 0.717) is 23.4 Å². The van der Waals surface area contributed by atoms with Gasteiger partial charge in [-0.1, -0.05) is 17.7 Å². The van der Waals surface area contributed by atoms with Crippen molar-refractivity contribution in [3.63, 3.8) is 0 Å². The lowest BCUT2D eigenvalue weighted by Crippen LogP contribution is -2.01. The SMILES string of the molecule is COCc1nc(Cl)cc(Nc2ccc3ncccc3c2)n1. The molecule has 0 amide bonds. The van der Waals surface area contributed by atoms with E-state index in [1.54, 1.807) is 19.4 Å². The second-order valence-electron chi connectivity index (χ2n) is 4.46. The molecule has 2 heterocycles. The summed E-state index contributed by atoms with van der Waals surface area (Å²) in [4.78, 5) is 12.7. The molecule has 3 rings (SSSR count). The van der Waals surface area contributed by atoms with Gasteiger partial charge in [0.2, 0.25) is 0 Å². The standard InChI is InChI=1S/C15H13ClN4O/c1-21-9-15-19-13(16)8-14(20-15)18-11-4-5-12-10(7-11)3-2-6-17-12/h2-8H,9H2,1H3,(H,18,19,20). The van der Waals surface area contributed by atoms with E-state index >= 15 is 0 Å². The van der Waals surface area contributed by atoms with Gasteiger partial charge in [-0.3, -0.25) is 4.98 Å². The van der Waals surface area contributed by atoms with Crippen LogP contribution in [0.4, 0.5) is 11.5 Å². The number of nitrogens with one attached hydrogen (secondary N) is 1. The first kappa shape index (κ1) is 13.7. The molecule has 2 aromatic heterocycles. The van der Waals surface area contributed by atoms with Gasteiger partial charge in [-0.05, 0) is 24.3 Å². The summed E-state index contributed by atoms with van der Waals surface area (Å²) in [5, 5.41) is 4.65. The van der Waals surface area contributed by atoms with Crippen molar-refractivity contribution in [2.45, 2.75) is 6.61 Å². The number of anilines is 2. The fourth-order valence-corrected chi connectivity index (χ4v) is 2.22. The van der Waals surface area contributed by atoms with E-state index in [4.69, 9.17) is 16.3 Å². The summed E-state index contributed by atoms with van der Waals surface area (Å²) in [6.45, 7) is 0.316. The van der Waals surface area contributed by atoms with Gasteiger partial charge in [0, 0.05) is 30.4 Å². The molecule has 0 aliphatic rings. The maximum absolute atomic E-state index is 5.99. The van der Waals surface area contributed by atoms with Crippen molar-refractivity contribution in [2.24, 2.45) is 0 Å². The molecule has 0 aliphatic carbocycles. The number of aromatic nitrogens is 3. The second-order valence-corrected chi connectivity index (χ2v) is 4.85. The van der Waals surface area contributed by atoms with Crippen LogP contribution in [0.15, 0.2) is 42.6 Å². The van der Waals surface area contributed by atoms with Crippen LogP contribution in [-0.2, 0) is 11.3 Å². The maximum Gasteiger partial charge on any atom is 0.158 e. The van der Waals surface area contributed by atoms with E-state index in [9.17, 15) is 0 Å². The third-order valence-corrected chi connectivity index (χ3v) is 3.08. The fraction of sp³-hybridized carbons (Fsp3) is 0.133. The van der Waals surface area contributed by atoms with Crippen molar-refractivity contribution < 1.29 is 4.74 Å². The van der Waals surface area contributed by atoms with E-state index < -0.39 is 0 Å². The molecule has 0 bridgehead atoms. The van der Waals surface area contributed by atoms with Crippen LogP contribution in [0.2, 0.25) is 5.15 Å². The molecule has 0 saturated carbocycles. The molecule has 5 nitrogen and oxygen atoms in total. The summed E-state index contributed by atoms with van der Waals surface area (Å²) >= 11 is 5.99. The highest BCUT2D eigenvalue weighted by Crippen LogP contribution is 2.21. The predicted octanol–water partition coefficient (Wildman–Crippen LogP) is 3.57. The minimum Gasteiger partial charge on any atom is -0.377 e. The average molecular weight is 301 g/mol. The first-order valence-electron chi connectivity index (χ1n) is 6.39. The number of pyridine rings is 1. The summed E-state index contributed by atoms with van der Waals surface area (Å²) in [7, 11) is 1.59. The number of hydrogen-bond donors (Lipinski definition) is 1. The van der Waals surface area contributed by atoms with Gasteiger partial charge in [0.15, 0.2) is 5.82 Å². The molecule has 106 valence electrons. The molecule has 0 saturated heterocycles. The molecular formula is C15H13ClN4O. The molecule has 0 atom stereocenters. The van der Waals surface area contributed by atoms with E-state index in [0.717, 1.165) is 16.6 Å². The summed E-state index contributed by atoms with van der Waals surface area (Å²) in [6, 6.07) is 11.5. The maximum atomic E-state index is 5.99. The Morgan fingerprint density at radius 1 is 1.19 bits per heavy atom. The van der Waals surface area contributed by atoms with Gasteiger partial charge in [-0.15, -0.1) is 0 Å². The Balaban J connectivity index is 1.90. The lowest BCUT2D eigenvalue weighted by atomic mass is 10.2. The Kier molecular flexibility index (Phi) is 3.94. The highest BCUT2D eigenvalue weighted by atomic mass is 35.5. The number of fused-ring (bicyclic) bond motifs is 1. The van der Waals surface area contributed by atoms with Crippen LogP contribution < -0.4 is 5.32 Å². The molecule has 0 aliphatic heterocycles. The largest absolute Gasteiger partial charge is 0.377 e. The number of rotatable bonds is 4. The van der Waals surface area contributed by atoms with Crippen molar-refractivity contribution in [1.82, 2.24) is 15.0 Å². The van der Waals surface area contributed by atoms with Gasteiger partial charge in [-0.25, -0.2) is 9.97 Å². The van der Waals surface area contributed by atoms with Gasteiger partial charge in [0.25, 0.3) is 0 Å². The van der Waals surface area contributed by atoms with Crippen LogP contribution in [0.1, 0.15) is 5.82 Å². The summed E-state index contributed by atoms with van der Waals surface area (Å²) in [6.07, 6.45) is 1.77. The summed E-state index contributed by atoms with van der Waals surface area (Å²) in [5.74, 6) is 1.17. The normalized spacial score (nSPS) is 10.8. The zero-order chi connectivity index (χ0) is 14.7. The van der Waals surface area contributed by atoms with Gasteiger partial charge in [0.05, 0.1) is 5.52 Å². The first-order chi connectivity index (χ1) is 10.2. The molecule has 3 aromatic rings. The monoisotopic (exact) mass is 300 g/mol. The second kappa shape index (κ2) is 6.03. The quantitative estimate of drug-likeness (QED) is 0.746. The number of methoxy groups -OCH3 is 1. The topological polar surface area (TPSA) is 59.9 Å². The molecule has 0 fully saturated rings. The molecule has 0 radical (unpaired) electrons. The van der Waals surface area contributed by atoms with E-state index in [2.05, 4.69) is 20.3 Å². The lowest BCUT2D eigenvalue weighted by Gasteiger charge is -2.08. The molecule has 6 heteroatoms. The zero-order valence-corrected chi connectivity index (χ0v) is 12.1. The van der Waals surface area contributed by atoms with Crippen LogP contribution in [0.5, 0.6) is 0 Å². The summed E-state index contributed by atoms with van der Waals surface area (Å²) in [5.41, 5.74) is 1.86. The molecule has 1 aromatic carbocycles. The van der Waals surface area contributed by atoms with Gasteiger partial charge in [0.1, 0.15) is 17.6 Å². The Morgan fingerprint density at radius 3 is 2.95 bits per heavy atom. The number of halogens is 1. The Morgan fingerprint density at radius 2 is 2.10 bits per heavy atom. The molecule has 21 heavy (non-hydrogen) atoms. The van der Waals surface area contributed by atoms with Crippen molar-refractivity contribution in [3.05, 3.63) is 53.6 Å². The van der Waals surface area contributed by atoms with Crippen molar-refractivity contribution in [3.8, 4) is 0 Å². The molecule has 1 N–H and O–H groups in total.